The average molecular weight is 192 g/mol. The Morgan fingerprint density at radius 3 is 2.18 bits per heavy atom. The lowest BCUT2D eigenvalue weighted by Crippen LogP contribution is -2.24. The summed E-state index contributed by atoms with van der Waals surface area (Å²) in [5.41, 5.74) is 0. The van der Waals surface area contributed by atoms with E-state index in [1.54, 1.807) is 0 Å². The van der Waals surface area contributed by atoms with Crippen LogP contribution < -0.4 is 0 Å². The van der Waals surface area contributed by atoms with E-state index >= 15 is 0 Å². The molecule has 6 heteroatoms. The van der Waals surface area contributed by atoms with E-state index < -0.39 is 23.2 Å². The zero-order valence-corrected chi connectivity index (χ0v) is 7.60. The summed E-state index contributed by atoms with van der Waals surface area (Å²) in [5.74, 6) is 1.01. The highest BCUT2D eigenvalue weighted by Crippen LogP contribution is 2.25. The van der Waals surface area contributed by atoms with Gasteiger partial charge in [-0.05, 0) is 6.92 Å². The van der Waals surface area contributed by atoms with Crippen molar-refractivity contribution in [1.82, 2.24) is 0 Å². The molecule has 0 spiro atoms. The maximum atomic E-state index is 9.99. The Bertz CT molecular complexity index is 175. The highest BCUT2D eigenvalue weighted by molar-refractivity contribution is 7.18. The van der Waals surface area contributed by atoms with Crippen molar-refractivity contribution in [2.75, 3.05) is 0 Å². The summed E-state index contributed by atoms with van der Waals surface area (Å²) in [6, 6.07) is 0. The molecule has 0 aliphatic rings. The van der Waals surface area contributed by atoms with Gasteiger partial charge in [0.05, 0.1) is 6.42 Å². The first kappa shape index (κ1) is 10.7. The quantitative estimate of drug-likeness (QED) is 0.380. The standard InChI is InChI=1S/C5H6O4P2/c1-3-4-5(2,8-10-6)9-11-7/h1H,4H2,2H3. The fraction of sp³-hybridized carbons (Fsp3) is 0.600. The van der Waals surface area contributed by atoms with Gasteiger partial charge >= 0.3 is 17.4 Å². The Morgan fingerprint density at radius 2 is 1.91 bits per heavy atom. The molecule has 0 saturated carbocycles. The highest BCUT2D eigenvalue weighted by atomic mass is 31.1. The highest BCUT2D eigenvalue weighted by Gasteiger charge is 2.26. The van der Waals surface area contributed by atoms with Gasteiger partial charge in [0, 0.05) is 0 Å². The van der Waals surface area contributed by atoms with Gasteiger partial charge < -0.3 is 0 Å². The molecule has 0 unspecified atom stereocenters. The second-order valence-electron chi connectivity index (χ2n) is 1.85. The molecule has 0 N–H and O–H groups in total. The van der Waals surface area contributed by atoms with Gasteiger partial charge in [-0.15, -0.1) is 12.3 Å². The first-order chi connectivity index (χ1) is 5.18. The fourth-order valence-electron chi connectivity index (χ4n) is 0.424. The molecule has 0 aromatic heterocycles. The van der Waals surface area contributed by atoms with Gasteiger partial charge in [-0.1, -0.05) is 0 Å². The maximum Gasteiger partial charge on any atom is 0.330 e. The van der Waals surface area contributed by atoms with Crippen molar-refractivity contribution in [2.45, 2.75) is 19.1 Å². The van der Waals surface area contributed by atoms with Crippen LogP contribution in [0.5, 0.6) is 0 Å². The van der Waals surface area contributed by atoms with E-state index in [0.29, 0.717) is 0 Å². The molecule has 0 aliphatic heterocycles. The van der Waals surface area contributed by atoms with Crippen LogP contribution in [-0.4, -0.2) is 5.79 Å². The van der Waals surface area contributed by atoms with E-state index in [-0.39, 0.29) is 6.42 Å². The van der Waals surface area contributed by atoms with Crippen molar-refractivity contribution in [3.8, 4) is 12.3 Å². The van der Waals surface area contributed by atoms with Gasteiger partial charge in [0.25, 0.3) is 0 Å². The smallest absolute Gasteiger partial charge is 0.259 e. The number of hydrogen-bond acceptors (Lipinski definition) is 4. The third-order valence-corrected chi connectivity index (χ3v) is 1.81. The lowest BCUT2D eigenvalue weighted by molar-refractivity contribution is -0.0758. The normalized spacial score (nSPS) is 16.0. The van der Waals surface area contributed by atoms with E-state index in [9.17, 15) is 9.13 Å². The third kappa shape index (κ3) is 4.19. The number of rotatable bonds is 5. The van der Waals surface area contributed by atoms with Crippen molar-refractivity contribution in [1.29, 1.82) is 0 Å². The molecule has 11 heavy (non-hydrogen) atoms. The molecule has 0 aromatic carbocycles. The molecule has 4 nitrogen and oxygen atoms in total. The minimum Gasteiger partial charge on any atom is -0.259 e. The Morgan fingerprint density at radius 1 is 1.45 bits per heavy atom. The van der Waals surface area contributed by atoms with Crippen LogP contribution in [0.3, 0.4) is 0 Å². The molecule has 0 rings (SSSR count). The first-order valence-corrected chi connectivity index (χ1v) is 4.09. The van der Waals surface area contributed by atoms with Gasteiger partial charge in [-0.3, -0.25) is 9.05 Å². The monoisotopic (exact) mass is 192 g/mol. The molecule has 0 heterocycles. The predicted octanol–water partition coefficient (Wildman–Crippen LogP) is 2.17. The molecule has 0 amide bonds. The summed E-state index contributed by atoms with van der Waals surface area (Å²) >= 11 is 0. The summed E-state index contributed by atoms with van der Waals surface area (Å²) in [6.45, 7) is 1.45. The summed E-state index contributed by atoms with van der Waals surface area (Å²) in [4.78, 5) is 0. The van der Waals surface area contributed by atoms with Crippen LogP contribution in [0.15, 0.2) is 0 Å². The van der Waals surface area contributed by atoms with Crippen molar-refractivity contribution >= 4 is 17.4 Å². The lowest BCUT2D eigenvalue weighted by atomic mass is 10.2. The summed E-state index contributed by atoms with van der Waals surface area (Å²) in [7, 11) is -1.11. The SMILES string of the molecule is C#CCC(C)(OP=O)OP=O. The van der Waals surface area contributed by atoms with Crippen molar-refractivity contribution in [3.05, 3.63) is 0 Å². The molecular formula is C5H6O4P2. The van der Waals surface area contributed by atoms with Crippen LogP contribution in [0.4, 0.5) is 0 Å². The summed E-state index contributed by atoms with van der Waals surface area (Å²) < 4.78 is 29.1. The second kappa shape index (κ2) is 5.35. The van der Waals surface area contributed by atoms with Crippen LogP contribution in [-0.2, 0) is 18.2 Å². The Balaban J connectivity index is 4.12. The fourth-order valence-corrected chi connectivity index (χ4v) is 1.00. The van der Waals surface area contributed by atoms with Gasteiger partial charge in [0.15, 0.2) is 0 Å². The van der Waals surface area contributed by atoms with Gasteiger partial charge in [-0.25, -0.2) is 9.13 Å². The zero-order valence-electron chi connectivity index (χ0n) is 5.81. The van der Waals surface area contributed by atoms with E-state index in [2.05, 4.69) is 15.0 Å². The van der Waals surface area contributed by atoms with Crippen LogP contribution in [0, 0.1) is 12.3 Å². The van der Waals surface area contributed by atoms with Crippen LogP contribution >= 0.6 is 17.4 Å². The average Bonchev–Trinajstić information content (AvgIpc) is 1.88. The molecule has 0 aliphatic carbocycles. The molecule has 60 valence electrons. The Labute approximate surface area is 67.8 Å². The zero-order chi connectivity index (χ0) is 8.74. The van der Waals surface area contributed by atoms with Crippen LogP contribution in [0.25, 0.3) is 0 Å². The molecule has 0 fully saturated rings. The molecular weight excluding hydrogens is 186 g/mol. The molecule has 0 aromatic rings. The van der Waals surface area contributed by atoms with E-state index in [0.717, 1.165) is 0 Å². The van der Waals surface area contributed by atoms with E-state index in [4.69, 9.17) is 6.42 Å². The molecule has 0 atom stereocenters. The van der Waals surface area contributed by atoms with E-state index in [1.807, 2.05) is 0 Å². The topological polar surface area (TPSA) is 52.6 Å². The summed E-state index contributed by atoms with van der Waals surface area (Å²) in [6.07, 6.45) is 5.04. The van der Waals surface area contributed by atoms with Gasteiger partial charge in [0.2, 0.25) is 5.79 Å². The lowest BCUT2D eigenvalue weighted by Gasteiger charge is -2.18. The van der Waals surface area contributed by atoms with Crippen molar-refractivity contribution < 1.29 is 18.2 Å². The second-order valence-corrected chi connectivity index (χ2v) is 2.51. The van der Waals surface area contributed by atoms with Gasteiger partial charge in [-0.2, -0.15) is 0 Å². The van der Waals surface area contributed by atoms with Gasteiger partial charge in [0.1, 0.15) is 0 Å². The minimum atomic E-state index is -1.23. The van der Waals surface area contributed by atoms with Crippen LogP contribution in [0.1, 0.15) is 13.3 Å². The number of terminal acetylenes is 1. The molecule has 0 radical (unpaired) electrons. The number of hydrogen-bond donors (Lipinski definition) is 0. The largest absolute Gasteiger partial charge is 0.330 e. The Hall–Kier alpha value is -0.320. The van der Waals surface area contributed by atoms with E-state index in [1.165, 1.54) is 6.92 Å². The maximum absolute atomic E-state index is 9.99. The summed E-state index contributed by atoms with van der Waals surface area (Å²) in [5, 5.41) is 0. The Kier molecular flexibility index (Phi) is 5.19. The third-order valence-electron chi connectivity index (χ3n) is 0.884. The van der Waals surface area contributed by atoms with Crippen molar-refractivity contribution in [3.63, 3.8) is 0 Å². The molecule has 0 bridgehead atoms. The first-order valence-electron chi connectivity index (χ1n) is 2.63. The predicted molar refractivity (Wildman–Crippen MR) is 39.2 cm³/mol. The van der Waals surface area contributed by atoms with Crippen molar-refractivity contribution in [2.24, 2.45) is 0 Å². The minimum absolute atomic E-state index is 0.0808. The molecule has 0 saturated heterocycles. The van der Waals surface area contributed by atoms with Crippen LogP contribution in [0.2, 0.25) is 0 Å².